The number of aryl methyl sites for hydroxylation is 1. The van der Waals surface area contributed by atoms with Crippen LogP contribution in [0.5, 0.6) is 5.75 Å². The molecule has 0 radical (unpaired) electrons. The molecule has 0 atom stereocenters. The highest BCUT2D eigenvalue weighted by Gasteiger charge is 2.18. The lowest BCUT2D eigenvalue weighted by molar-refractivity contribution is -0.383. The zero-order chi connectivity index (χ0) is 17.7. The molecule has 2 aromatic rings. The highest BCUT2D eigenvalue weighted by Crippen LogP contribution is 2.23. The van der Waals surface area contributed by atoms with Crippen LogP contribution < -0.4 is 10.5 Å². The second-order valence-corrected chi connectivity index (χ2v) is 5.42. The monoisotopic (exact) mass is 329 g/mol. The first kappa shape index (κ1) is 17.3. The molecule has 0 saturated carbocycles. The van der Waals surface area contributed by atoms with E-state index in [1.807, 2.05) is 31.2 Å². The SMILES string of the molecule is Cc1ccc(OCCN(C)C(=O)c2ccc(N)c([N+](=O)[O-])c2)cc1. The number of nitrogens with zero attached hydrogens (tertiary/aromatic N) is 2. The van der Waals surface area contributed by atoms with Gasteiger partial charge < -0.3 is 15.4 Å². The number of ether oxygens (including phenoxy) is 1. The van der Waals surface area contributed by atoms with Gasteiger partial charge in [0.15, 0.2) is 0 Å². The first-order valence-corrected chi connectivity index (χ1v) is 7.37. The van der Waals surface area contributed by atoms with Gasteiger partial charge in [0, 0.05) is 18.7 Å². The van der Waals surface area contributed by atoms with Crippen molar-refractivity contribution in [3.8, 4) is 5.75 Å². The molecule has 0 aliphatic carbocycles. The van der Waals surface area contributed by atoms with Crippen LogP contribution in [0.15, 0.2) is 42.5 Å². The van der Waals surface area contributed by atoms with Crippen molar-refractivity contribution in [3.63, 3.8) is 0 Å². The molecule has 1 amide bonds. The highest BCUT2D eigenvalue weighted by molar-refractivity contribution is 5.95. The third-order valence-electron chi connectivity index (χ3n) is 3.54. The summed E-state index contributed by atoms with van der Waals surface area (Å²) in [7, 11) is 1.61. The van der Waals surface area contributed by atoms with Crippen molar-refractivity contribution in [1.29, 1.82) is 0 Å². The third kappa shape index (κ3) is 4.22. The van der Waals surface area contributed by atoms with Crippen molar-refractivity contribution in [3.05, 3.63) is 63.7 Å². The van der Waals surface area contributed by atoms with Gasteiger partial charge in [0.2, 0.25) is 0 Å². The summed E-state index contributed by atoms with van der Waals surface area (Å²) < 4.78 is 5.58. The molecule has 0 aliphatic heterocycles. The van der Waals surface area contributed by atoms with Crippen molar-refractivity contribution < 1.29 is 14.5 Å². The van der Waals surface area contributed by atoms with E-state index in [0.717, 1.165) is 11.3 Å². The molecule has 0 fully saturated rings. The molecular formula is C17H19N3O4. The predicted molar refractivity (Wildman–Crippen MR) is 91.1 cm³/mol. The Morgan fingerprint density at radius 3 is 2.54 bits per heavy atom. The molecule has 0 saturated heterocycles. The van der Waals surface area contributed by atoms with Crippen LogP contribution in [0.4, 0.5) is 11.4 Å². The Morgan fingerprint density at radius 2 is 1.92 bits per heavy atom. The molecule has 126 valence electrons. The first-order chi connectivity index (χ1) is 11.4. The van der Waals surface area contributed by atoms with E-state index in [1.165, 1.54) is 23.1 Å². The highest BCUT2D eigenvalue weighted by atomic mass is 16.6. The number of anilines is 1. The average Bonchev–Trinajstić information content (AvgIpc) is 2.56. The summed E-state index contributed by atoms with van der Waals surface area (Å²) in [6.07, 6.45) is 0. The van der Waals surface area contributed by atoms with E-state index >= 15 is 0 Å². The number of amides is 1. The van der Waals surface area contributed by atoms with Crippen LogP contribution in [0.3, 0.4) is 0 Å². The summed E-state index contributed by atoms with van der Waals surface area (Å²) in [4.78, 5) is 24.1. The number of hydrogen-bond donors (Lipinski definition) is 1. The van der Waals surface area contributed by atoms with Gasteiger partial charge in [0.25, 0.3) is 11.6 Å². The minimum absolute atomic E-state index is 0.0295. The maximum atomic E-state index is 12.3. The van der Waals surface area contributed by atoms with E-state index < -0.39 is 4.92 Å². The van der Waals surface area contributed by atoms with Gasteiger partial charge in [-0.15, -0.1) is 0 Å². The van der Waals surface area contributed by atoms with Gasteiger partial charge in [-0.1, -0.05) is 17.7 Å². The number of hydrogen-bond acceptors (Lipinski definition) is 5. The Labute approximate surface area is 139 Å². The largest absolute Gasteiger partial charge is 0.492 e. The zero-order valence-electron chi connectivity index (χ0n) is 13.6. The average molecular weight is 329 g/mol. The fourth-order valence-corrected chi connectivity index (χ4v) is 2.09. The molecule has 2 aromatic carbocycles. The van der Waals surface area contributed by atoms with Crippen LogP contribution in [-0.4, -0.2) is 35.9 Å². The Kier molecular flexibility index (Phi) is 5.36. The summed E-state index contributed by atoms with van der Waals surface area (Å²) in [5, 5.41) is 10.9. The number of carbonyl (C=O) groups is 1. The number of nitrogens with two attached hydrogens (primary N) is 1. The number of nitrogen functional groups attached to an aromatic ring is 1. The smallest absolute Gasteiger partial charge is 0.292 e. The first-order valence-electron chi connectivity index (χ1n) is 7.37. The van der Waals surface area contributed by atoms with Crippen molar-refractivity contribution in [2.24, 2.45) is 0 Å². The predicted octanol–water partition coefficient (Wildman–Crippen LogP) is 2.64. The standard InChI is InChI=1S/C17H19N3O4/c1-12-3-6-14(7-4-12)24-10-9-19(2)17(21)13-5-8-15(18)16(11-13)20(22)23/h3-8,11H,9-10,18H2,1-2H3. The normalized spacial score (nSPS) is 10.2. The molecule has 0 aromatic heterocycles. The Hall–Kier alpha value is -3.09. The maximum absolute atomic E-state index is 12.3. The molecule has 0 unspecified atom stereocenters. The summed E-state index contributed by atoms with van der Waals surface area (Å²) in [5.74, 6) is 0.398. The van der Waals surface area contributed by atoms with Gasteiger partial charge in [-0.25, -0.2) is 0 Å². The van der Waals surface area contributed by atoms with Crippen molar-refractivity contribution in [2.75, 3.05) is 25.9 Å². The van der Waals surface area contributed by atoms with Gasteiger partial charge >= 0.3 is 0 Å². The fraction of sp³-hybridized carbons (Fsp3) is 0.235. The number of carbonyl (C=O) groups excluding carboxylic acids is 1. The second-order valence-electron chi connectivity index (χ2n) is 5.42. The van der Waals surface area contributed by atoms with Gasteiger partial charge in [-0.05, 0) is 31.2 Å². The molecule has 2 rings (SSSR count). The van der Waals surface area contributed by atoms with Crippen LogP contribution in [0, 0.1) is 17.0 Å². The molecule has 2 N–H and O–H groups in total. The molecule has 7 heteroatoms. The Balaban J connectivity index is 1.95. The number of benzene rings is 2. The van der Waals surface area contributed by atoms with Crippen LogP contribution in [-0.2, 0) is 0 Å². The molecule has 0 aliphatic rings. The van der Waals surface area contributed by atoms with Crippen LogP contribution in [0.1, 0.15) is 15.9 Å². The molecule has 0 spiro atoms. The van der Waals surface area contributed by atoms with E-state index in [0.29, 0.717) is 13.2 Å². The van der Waals surface area contributed by atoms with Crippen molar-refractivity contribution in [2.45, 2.75) is 6.92 Å². The summed E-state index contributed by atoms with van der Waals surface area (Å²) >= 11 is 0. The van der Waals surface area contributed by atoms with E-state index in [9.17, 15) is 14.9 Å². The quantitative estimate of drug-likeness (QED) is 0.499. The Morgan fingerprint density at radius 1 is 1.25 bits per heavy atom. The second kappa shape index (κ2) is 7.45. The van der Waals surface area contributed by atoms with E-state index in [-0.39, 0.29) is 22.8 Å². The number of nitro groups is 1. The molecule has 0 bridgehead atoms. The van der Waals surface area contributed by atoms with Crippen molar-refractivity contribution >= 4 is 17.3 Å². The maximum Gasteiger partial charge on any atom is 0.292 e. The summed E-state index contributed by atoms with van der Waals surface area (Å²) in [6, 6.07) is 11.6. The van der Waals surface area contributed by atoms with E-state index in [1.54, 1.807) is 7.05 Å². The van der Waals surface area contributed by atoms with Crippen molar-refractivity contribution in [1.82, 2.24) is 4.90 Å². The fourth-order valence-electron chi connectivity index (χ4n) is 2.09. The van der Waals surface area contributed by atoms with Gasteiger partial charge in [-0.2, -0.15) is 0 Å². The molecule has 7 nitrogen and oxygen atoms in total. The number of rotatable bonds is 6. The van der Waals surface area contributed by atoms with E-state index in [4.69, 9.17) is 10.5 Å². The molecule has 24 heavy (non-hydrogen) atoms. The molecular weight excluding hydrogens is 310 g/mol. The van der Waals surface area contributed by atoms with Crippen LogP contribution >= 0.6 is 0 Å². The topological polar surface area (TPSA) is 98.7 Å². The lowest BCUT2D eigenvalue weighted by Crippen LogP contribution is -2.30. The molecule has 0 heterocycles. The van der Waals surface area contributed by atoms with Gasteiger partial charge in [0.1, 0.15) is 18.0 Å². The lowest BCUT2D eigenvalue weighted by Gasteiger charge is -2.17. The van der Waals surface area contributed by atoms with Gasteiger partial charge in [-0.3, -0.25) is 14.9 Å². The third-order valence-corrected chi connectivity index (χ3v) is 3.54. The minimum atomic E-state index is -0.605. The lowest BCUT2D eigenvalue weighted by atomic mass is 10.1. The van der Waals surface area contributed by atoms with Crippen LogP contribution in [0.2, 0.25) is 0 Å². The van der Waals surface area contributed by atoms with E-state index in [2.05, 4.69) is 0 Å². The number of nitro benzene ring substituents is 1. The minimum Gasteiger partial charge on any atom is -0.492 e. The summed E-state index contributed by atoms with van der Waals surface area (Å²) in [6.45, 7) is 2.66. The summed E-state index contributed by atoms with van der Waals surface area (Å²) in [5.41, 5.74) is 6.65. The zero-order valence-corrected chi connectivity index (χ0v) is 13.6. The Bertz CT molecular complexity index is 744. The van der Waals surface area contributed by atoms with Gasteiger partial charge in [0.05, 0.1) is 11.5 Å². The van der Waals surface area contributed by atoms with Crippen LogP contribution in [0.25, 0.3) is 0 Å². The number of likely N-dealkylation sites (N-methyl/N-ethyl adjacent to an activating group) is 1.